The van der Waals surface area contributed by atoms with Crippen molar-refractivity contribution in [3.05, 3.63) is 0 Å². The predicted octanol–water partition coefficient (Wildman–Crippen LogP) is 1.05. The molecular weight excluding hydrogens is 196 g/mol. The summed E-state index contributed by atoms with van der Waals surface area (Å²) in [5.41, 5.74) is 0. The lowest BCUT2D eigenvalue weighted by atomic mass is 10.4. The fraction of sp³-hybridized carbons (Fsp3) is 1.00. The van der Waals surface area contributed by atoms with Gasteiger partial charge in [-0.1, -0.05) is 13.3 Å². The Morgan fingerprint density at radius 1 is 1.33 bits per heavy atom. The highest BCUT2D eigenvalue weighted by molar-refractivity contribution is 7.82. The molecule has 0 N–H and O–H groups in total. The van der Waals surface area contributed by atoms with Gasteiger partial charge in [0.2, 0.25) is 0 Å². The van der Waals surface area contributed by atoms with Gasteiger partial charge in [0.1, 0.15) is 0 Å². The molecule has 0 rings (SSSR count). The smallest absolute Gasteiger partial charge is 0.298 e. The summed E-state index contributed by atoms with van der Waals surface area (Å²) in [6.07, 6.45) is 1.65. The molecule has 0 aromatic heterocycles. The summed E-state index contributed by atoms with van der Waals surface area (Å²) in [7, 11) is -5.25. The Labute approximate surface area is 75.9 Å². The molecule has 0 bridgehead atoms. The van der Waals surface area contributed by atoms with Gasteiger partial charge in [0.25, 0.3) is 0 Å². The van der Waals surface area contributed by atoms with Crippen LogP contribution in [0.1, 0.15) is 19.8 Å². The molecule has 0 spiro atoms. The van der Waals surface area contributed by atoms with Gasteiger partial charge in [0, 0.05) is 0 Å². The first-order valence-electron chi connectivity index (χ1n) is 4.05. The molecule has 0 aliphatic rings. The Bertz CT molecular complexity index is 200. The molecule has 12 heavy (non-hydrogen) atoms. The molecule has 0 saturated heterocycles. The van der Waals surface area contributed by atoms with Crippen LogP contribution < -0.4 is 0 Å². The second-order valence-corrected chi connectivity index (χ2v) is 6.65. The average molecular weight is 212 g/mol. The van der Waals surface area contributed by atoms with Gasteiger partial charge in [0.15, 0.2) is 9.04 Å². The van der Waals surface area contributed by atoms with Crippen molar-refractivity contribution in [3.63, 3.8) is 0 Å². The van der Waals surface area contributed by atoms with E-state index in [1.165, 1.54) is 0 Å². The molecule has 0 amide bonds. The van der Waals surface area contributed by atoms with Crippen LogP contribution in [0.4, 0.5) is 0 Å². The van der Waals surface area contributed by atoms with Crippen molar-refractivity contribution in [1.82, 2.24) is 0 Å². The van der Waals surface area contributed by atoms with Crippen molar-refractivity contribution in [2.45, 2.75) is 32.9 Å². The van der Waals surface area contributed by atoms with Crippen molar-refractivity contribution in [1.29, 1.82) is 0 Å². The minimum absolute atomic E-state index is 0.222. The van der Waals surface area contributed by atoms with Crippen LogP contribution in [-0.2, 0) is 18.5 Å². The zero-order valence-electron chi connectivity index (χ0n) is 7.74. The molecule has 74 valence electrons. The van der Waals surface area contributed by atoms with E-state index in [0.29, 0.717) is 0 Å². The van der Waals surface area contributed by atoms with Crippen molar-refractivity contribution >= 4 is 19.4 Å². The Balaban J connectivity index is 3.73. The van der Waals surface area contributed by atoms with Crippen molar-refractivity contribution in [2.24, 2.45) is 0 Å². The lowest BCUT2D eigenvalue weighted by Gasteiger charge is -2.06. The second-order valence-electron chi connectivity index (χ2n) is 2.73. The van der Waals surface area contributed by atoms with E-state index in [4.69, 9.17) is 0 Å². The van der Waals surface area contributed by atoms with Crippen LogP contribution in [0, 0.1) is 0 Å². The fourth-order valence-electron chi connectivity index (χ4n) is 0.569. The first-order valence-corrected chi connectivity index (χ1v) is 8.17. The van der Waals surface area contributed by atoms with Crippen LogP contribution in [0.3, 0.4) is 0 Å². The first kappa shape index (κ1) is 12.1. The van der Waals surface area contributed by atoms with E-state index in [0.717, 1.165) is 12.8 Å². The molecule has 0 fully saturated rings. The molecule has 0 atom stereocenters. The topological polar surface area (TPSA) is 52.6 Å². The number of hydrogen-bond donors (Lipinski definition) is 0. The van der Waals surface area contributed by atoms with Crippen LogP contribution in [0.2, 0.25) is 13.1 Å². The number of hydrogen-bond acceptors (Lipinski definition) is 4. The molecule has 0 heterocycles. The van der Waals surface area contributed by atoms with Crippen LogP contribution in [0.5, 0.6) is 0 Å². The van der Waals surface area contributed by atoms with E-state index in [1.807, 2.05) is 6.92 Å². The monoisotopic (exact) mass is 212 g/mol. The van der Waals surface area contributed by atoms with Crippen molar-refractivity contribution in [2.75, 3.05) is 6.61 Å². The Morgan fingerprint density at radius 2 is 1.92 bits per heavy atom. The normalized spacial score (nSPS) is 12.3. The van der Waals surface area contributed by atoms with Gasteiger partial charge in [-0.15, -0.1) is 0 Å². The molecule has 0 unspecified atom stereocenters. The lowest BCUT2D eigenvalue weighted by Crippen LogP contribution is -2.18. The standard InChI is InChI=1S/C6H16O4SSi/c1-4-5-6-9-11(7,8)10-12(2)3/h12H,4-6H2,1-3H3. The maximum Gasteiger partial charge on any atom is 0.389 e. The van der Waals surface area contributed by atoms with Gasteiger partial charge in [-0.3, -0.25) is 3.87 Å². The zero-order valence-corrected chi connectivity index (χ0v) is 9.71. The molecule has 0 aliphatic carbocycles. The van der Waals surface area contributed by atoms with Gasteiger partial charge >= 0.3 is 10.4 Å². The molecule has 0 radical (unpaired) electrons. The molecular formula is C6H16O4SSi. The summed E-state index contributed by atoms with van der Waals surface area (Å²) in [6, 6.07) is 0. The van der Waals surface area contributed by atoms with Crippen LogP contribution in [-0.4, -0.2) is 24.1 Å². The number of rotatable bonds is 6. The van der Waals surface area contributed by atoms with Gasteiger partial charge in [-0.05, 0) is 19.5 Å². The Hall–Kier alpha value is 0.0869. The molecule has 0 aliphatic heterocycles. The summed E-state index contributed by atoms with van der Waals surface area (Å²) in [4.78, 5) is 0. The van der Waals surface area contributed by atoms with E-state index in [2.05, 4.69) is 8.06 Å². The van der Waals surface area contributed by atoms with E-state index < -0.39 is 19.4 Å². The van der Waals surface area contributed by atoms with Gasteiger partial charge in [-0.2, -0.15) is 8.42 Å². The molecule has 0 saturated carbocycles. The quantitative estimate of drug-likeness (QED) is 0.488. The average Bonchev–Trinajstić information content (AvgIpc) is 1.84. The third kappa shape index (κ3) is 6.78. The second kappa shape index (κ2) is 5.68. The van der Waals surface area contributed by atoms with Crippen LogP contribution in [0.25, 0.3) is 0 Å². The third-order valence-corrected chi connectivity index (χ3v) is 3.97. The maximum absolute atomic E-state index is 10.9. The largest absolute Gasteiger partial charge is 0.389 e. The molecule has 0 aromatic carbocycles. The van der Waals surface area contributed by atoms with E-state index in [9.17, 15) is 8.42 Å². The van der Waals surface area contributed by atoms with Crippen molar-refractivity contribution < 1.29 is 16.5 Å². The van der Waals surface area contributed by atoms with Gasteiger partial charge < -0.3 is 0 Å². The van der Waals surface area contributed by atoms with Crippen molar-refractivity contribution in [3.8, 4) is 0 Å². The van der Waals surface area contributed by atoms with E-state index in [-0.39, 0.29) is 6.61 Å². The Morgan fingerprint density at radius 3 is 2.33 bits per heavy atom. The first-order chi connectivity index (χ1) is 5.48. The summed E-state index contributed by atoms with van der Waals surface area (Å²) < 4.78 is 31.1. The van der Waals surface area contributed by atoms with Crippen LogP contribution in [0.15, 0.2) is 0 Å². The summed E-state index contributed by atoms with van der Waals surface area (Å²) in [5.74, 6) is 0. The summed E-state index contributed by atoms with van der Waals surface area (Å²) >= 11 is 0. The highest BCUT2D eigenvalue weighted by Crippen LogP contribution is 2.00. The lowest BCUT2D eigenvalue weighted by molar-refractivity contribution is 0.270. The van der Waals surface area contributed by atoms with E-state index in [1.54, 1.807) is 13.1 Å². The minimum atomic E-state index is -3.69. The highest BCUT2D eigenvalue weighted by Gasteiger charge is 2.13. The predicted molar refractivity (Wildman–Crippen MR) is 49.7 cm³/mol. The molecule has 4 nitrogen and oxygen atoms in total. The van der Waals surface area contributed by atoms with Crippen LogP contribution >= 0.6 is 0 Å². The fourth-order valence-corrected chi connectivity index (χ4v) is 3.00. The van der Waals surface area contributed by atoms with Gasteiger partial charge in [-0.25, -0.2) is 4.18 Å². The maximum atomic E-state index is 10.9. The molecule has 6 heteroatoms. The highest BCUT2D eigenvalue weighted by atomic mass is 32.3. The van der Waals surface area contributed by atoms with Gasteiger partial charge in [0.05, 0.1) is 6.61 Å². The minimum Gasteiger partial charge on any atom is -0.298 e. The summed E-state index contributed by atoms with van der Waals surface area (Å²) in [5, 5.41) is 0. The molecule has 0 aromatic rings. The SMILES string of the molecule is CCCCOS(=O)(=O)O[SiH](C)C. The summed E-state index contributed by atoms with van der Waals surface area (Å²) in [6.45, 7) is 5.75. The Kier molecular flexibility index (Phi) is 5.73. The third-order valence-electron chi connectivity index (χ3n) is 1.04. The van der Waals surface area contributed by atoms with E-state index >= 15 is 0 Å². The number of unbranched alkanes of at least 4 members (excludes halogenated alkanes) is 1. The zero-order chi connectivity index (χ0) is 9.61.